The molecule has 32 heavy (non-hydrogen) atoms. The third kappa shape index (κ3) is 5.59. The number of hydrogen-bond donors (Lipinski definition) is 0. The van der Waals surface area contributed by atoms with Gasteiger partial charge in [0, 0.05) is 32.1 Å². The van der Waals surface area contributed by atoms with Crippen molar-refractivity contribution >= 4 is 15.9 Å². The van der Waals surface area contributed by atoms with Gasteiger partial charge in [0.25, 0.3) is 0 Å². The number of amides is 1. The first kappa shape index (κ1) is 23.0. The van der Waals surface area contributed by atoms with Crippen LogP contribution in [0.15, 0.2) is 59.5 Å². The minimum Gasteiger partial charge on any atom is -0.340 e. The second-order valence-electron chi connectivity index (χ2n) is 9.02. The topological polar surface area (TPSA) is 57.7 Å². The molecule has 2 heterocycles. The van der Waals surface area contributed by atoms with Gasteiger partial charge in [-0.3, -0.25) is 4.79 Å². The Hall–Kier alpha value is -2.18. The predicted molar refractivity (Wildman–Crippen MR) is 127 cm³/mol. The van der Waals surface area contributed by atoms with E-state index < -0.39 is 10.0 Å². The van der Waals surface area contributed by atoms with Gasteiger partial charge < -0.3 is 4.90 Å². The van der Waals surface area contributed by atoms with Crippen LogP contribution in [0.1, 0.15) is 56.1 Å². The third-order valence-corrected chi connectivity index (χ3v) is 8.72. The van der Waals surface area contributed by atoms with Crippen molar-refractivity contribution in [1.29, 1.82) is 0 Å². The Morgan fingerprint density at radius 3 is 2.22 bits per heavy atom. The van der Waals surface area contributed by atoms with E-state index in [0.29, 0.717) is 36.9 Å². The third-order valence-electron chi connectivity index (χ3n) is 6.81. The lowest BCUT2D eigenvalue weighted by molar-refractivity contribution is -0.132. The highest BCUT2D eigenvalue weighted by Crippen LogP contribution is 2.24. The average Bonchev–Trinajstić information content (AvgIpc) is 3.31. The molecular formula is C26H34N2O3S. The van der Waals surface area contributed by atoms with Crippen LogP contribution in [0.2, 0.25) is 0 Å². The Morgan fingerprint density at radius 1 is 0.812 bits per heavy atom. The van der Waals surface area contributed by atoms with Crippen LogP contribution < -0.4 is 0 Å². The van der Waals surface area contributed by atoms with E-state index in [1.54, 1.807) is 16.4 Å². The Kier molecular flexibility index (Phi) is 7.63. The van der Waals surface area contributed by atoms with Crippen LogP contribution in [0.4, 0.5) is 0 Å². The summed E-state index contributed by atoms with van der Waals surface area (Å²) >= 11 is 0. The number of sulfonamides is 1. The van der Waals surface area contributed by atoms with Crippen LogP contribution in [-0.2, 0) is 27.7 Å². The second kappa shape index (κ2) is 10.6. The van der Waals surface area contributed by atoms with Crippen molar-refractivity contribution in [3.05, 3.63) is 65.7 Å². The molecule has 2 saturated heterocycles. The maximum Gasteiger partial charge on any atom is 0.243 e. The lowest BCUT2D eigenvalue weighted by Crippen LogP contribution is -2.36. The molecule has 0 aliphatic carbocycles. The van der Waals surface area contributed by atoms with Gasteiger partial charge in [0.15, 0.2) is 0 Å². The lowest BCUT2D eigenvalue weighted by atomic mass is 10.0. The minimum absolute atomic E-state index is 0.213. The van der Waals surface area contributed by atoms with Crippen molar-refractivity contribution in [2.75, 3.05) is 19.6 Å². The van der Waals surface area contributed by atoms with E-state index in [2.05, 4.69) is 29.2 Å². The van der Waals surface area contributed by atoms with E-state index in [9.17, 15) is 13.2 Å². The summed E-state index contributed by atoms with van der Waals surface area (Å²) in [6, 6.07) is 17.9. The van der Waals surface area contributed by atoms with Gasteiger partial charge in [-0.15, -0.1) is 0 Å². The quantitative estimate of drug-likeness (QED) is 0.593. The number of likely N-dealkylation sites (tertiary alicyclic amines) is 1. The molecular weight excluding hydrogens is 420 g/mol. The molecule has 0 N–H and O–H groups in total. The molecule has 0 aromatic heterocycles. The molecule has 2 aliphatic heterocycles. The first-order valence-electron chi connectivity index (χ1n) is 12.0. The normalized spacial score (nSPS) is 19.9. The molecule has 2 aliphatic rings. The van der Waals surface area contributed by atoms with Crippen molar-refractivity contribution in [1.82, 2.24) is 9.21 Å². The summed E-state index contributed by atoms with van der Waals surface area (Å²) in [7, 11) is -3.40. The molecule has 6 heteroatoms. The molecule has 1 amide bonds. The summed E-state index contributed by atoms with van der Waals surface area (Å²) in [6.07, 6.45) is 8.26. The van der Waals surface area contributed by atoms with Gasteiger partial charge in [-0.05, 0) is 68.2 Å². The van der Waals surface area contributed by atoms with Crippen LogP contribution in [0.25, 0.3) is 0 Å². The van der Waals surface area contributed by atoms with Gasteiger partial charge in [0.2, 0.25) is 15.9 Å². The summed E-state index contributed by atoms with van der Waals surface area (Å²) in [5, 5.41) is 0. The van der Waals surface area contributed by atoms with Crippen LogP contribution in [-0.4, -0.2) is 49.2 Å². The molecule has 2 aromatic carbocycles. The highest BCUT2D eigenvalue weighted by Gasteiger charge is 2.28. The molecule has 2 aromatic rings. The number of piperidine rings is 1. The van der Waals surface area contributed by atoms with Gasteiger partial charge >= 0.3 is 0 Å². The summed E-state index contributed by atoms with van der Waals surface area (Å²) in [6.45, 7) is 2.07. The van der Waals surface area contributed by atoms with Crippen molar-refractivity contribution < 1.29 is 13.2 Å². The Morgan fingerprint density at radius 2 is 1.50 bits per heavy atom. The van der Waals surface area contributed by atoms with E-state index in [0.717, 1.165) is 57.1 Å². The van der Waals surface area contributed by atoms with E-state index in [4.69, 9.17) is 0 Å². The Labute approximate surface area is 192 Å². The molecule has 172 valence electrons. The number of rotatable bonds is 8. The molecule has 0 bridgehead atoms. The standard InChI is InChI=1S/C26H34N2O3S/c29-26(28-21-7-10-24(28)15-11-22-8-3-1-4-9-22)18-14-23-12-16-25(17-13-23)32(30,31)27-19-5-2-6-20-27/h1,3-4,8-9,12-13,16-17,24H,2,5-7,10-11,14-15,18-21H2. The molecule has 0 spiro atoms. The van der Waals surface area contributed by atoms with Crippen LogP contribution in [0, 0.1) is 0 Å². The van der Waals surface area contributed by atoms with Crippen molar-refractivity contribution in [3.8, 4) is 0 Å². The number of carbonyl (C=O) groups excluding carboxylic acids is 1. The molecule has 1 atom stereocenters. The summed E-state index contributed by atoms with van der Waals surface area (Å²) in [4.78, 5) is 15.3. The van der Waals surface area contributed by atoms with Crippen LogP contribution in [0.3, 0.4) is 0 Å². The number of benzene rings is 2. The first-order chi connectivity index (χ1) is 15.5. The van der Waals surface area contributed by atoms with E-state index in [1.807, 2.05) is 18.2 Å². The lowest BCUT2D eigenvalue weighted by Gasteiger charge is -2.26. The molecule has 1 unspecified atom stereocenters. The van der Waals surface area contributed by atoms with Gasteiger partial charge in [0.1, 0.15) is 0 Å². The molecule has 5 nitrogen and oxygen atoms in total. The van der Waals surface area contributed by atoms with Crippen molar-refractivity contribution in [2.45, 2.75) is 68.7 Å². The SMILES string of the molecule is O=C(CCc1ccc(S(=O)(=O)N2CCCCC2)cc1)N1CCCC1CCc1ccccc1. The largest absolute Gasteiger partial charge is 0.340 e. The van der Waals surface area contributed by atoms with E-state index >= 15 is 0 Å². The Balaban J connectivity index is 1.29. The van der Waals surface area contributed by atoms with Crippen molar-refractivity contribution in [3.63, 3.8) is 0 Å². The van der Waals surface area contributed by atoms with E-state index in [-0.39, 0.29) is 5.91 Å². The second-order valence-corrected chi connectivity index (χ2v) is 11.0. The van der Waals surface area contributed by atoms with Gasteiger partial charge in [-0.1, -0.05) is 48.9 Å². The molecule has 2 fully saturated rings. The number of nitrogens with zero attached hydrogens (tertiary/aromatic N) is 2. The van der Waals surface area contributed by atoms with Crippen LogP contribution >= 0.6 is 0 Å². The number of carbonyl (C=O) groups is 1. The summed E-state index contributed by atoms with van der Waals surface area (Å²) in [5.74, 6) is 0.213. The maximum atomic E-state index is 12.9. The molecule has 4 rings (SSSR count). The Bertz CT molecular complexity index is 983. The minimum atomic E-state index is -3.40. The predicted octanol–water partition coefficient (Wildman–Crippen LogP) is 4.42. The molecule has 0 radical (unpaired) electrons. The zero-order chi connectivity index (χ0) is 22.4. The average molecular weight is 455 g/mol. The monoisotopic (exact) mass is 454 g/mol. The summed E-state index contributed by atoms with van der Waals surface area (Å²) < 4.78 is 27.2. The van der Waals surface area contributed by atoms with Gasteiger partial charge in [0.05, 0.1) is 4.90 Å². The number of hydrogen-bond acceptors (Lipinski definition) is 3. The number of aryl methyl sites for hydroxylation is 2. The van der Waals surface area contributed by atoms with Crippen molar-refractivity contribution in [2.24, 2.45) is 0 Å². The summed E-state index contributed by atoms with van der Waals surface area (Å²) in [5.41, 5.74) is 2.34. The fraction of sp³-hybridized carbons (Fsp3) is 0.500. The zero-order valence-electron chi connectivity index (χ0n) is 18.8. The highest BCUT2D eigenvalue weighted by atomic mass is 32.2. The fourth-order valence-electron chi connectivity index (χ4n) is 4.92. The smallest absolute Gasteiger partial charge is 0.243 e. The van der Waals surface area contributed by atoms with Crippen LogP contribution in [0.5, 0.6) is 0 Å². The van der Waals surface area contributed by atoms with Gasteiger partial charge in [-0.25, -0.2) is 8.42 Å². The van der Waals surface area contributed by atoms with Gasteiger partial charge in [-0.2, -0.15) is 4.31 Å². The first-order valence-corrected chi connectivity index (χ1v) is 13.4. The molecule has 0 saturated carbocycles. The zero-order valence-corrected chi connectivity index (χ0v) is 19.6. The highest BCUT2D eigenvalue weighted by molar-refractivity contribution is 7.89. The van der Waals surface area contributed by atoms with E-state index in [1.165, 1.54) is 5.56 Å². The fourth-order valence-corrected chi connectivity index (χ4v) is 6.44. The maximum absolute atomic E-state index is 12.9.